The highest BCUT2D eigenvalue weighted by Crippen LogP contribution is 2.30. The summed E-state index contributed by atoms with van der Waals surface area (Å²) in [6.45, 7) is 6.60. The number of nitrogens with one attached hydrogen (secondary N) is 1. The number of morpholine rings is 1. The van der Waals surface area contributed by atoms with E-state index in [4.69, 9.17) is 4.74 Å². The molecule has 2 fully saturated rings. The summed E-state index contributed by atoms with van der Waals surface area (Å²) in [5.41, 5.74) is 2.18. The molecule has 4 rings (SSSR count). The largest absolute Gasteiger partial charge is 0.378 e. The first-order valence-corrected chi connectivity index (χ1v) is 10.4. The number of carbonyl (C=O) groups is 2. The van der Waals surface area contributed by atoms with E-state index in [0.717, 1.165) is 31.5 Å². The molecule has 2 aromatic rings. The summed E-state index contributed by atoms with van der Waals surface area (Å²) in [5.74, 6) is 0.239. The molecular formula is C20H28N6O3. The summed E-state index contributed by atoms with van der Waals surface area (Å²) in [4.78, 5) is 29.3. The molecule has 156 valence electrons. The van der Waals surface area contributed by atoms with E-state index >= 15 is 0 Å². The van der Waals surface area contributed by atoms with Crippen LogP contribution in [0.5, 0.6) is 0 Å². The predicted molar refractivity (Wildman–Crippen MR) is 106 cm³/mol. The zero-order chi connectivity index (χ0) is 20.2. The van der Waals surface area contributed by atoms with Gasteiger partial charge in [-0.05, 0) is 19.3 Å². The third kappa shape index (κ3) is 4.19. The van der Waals surface area contributed by atoms with Gasteiger partial charge in [0, 0.05) is 44.8 Å². The van der Waals surface area contributed by atoms with Gasteiger partial charge in [-0.1, -0.05) is 6.92 Å². The van der Waals surface area contributed by atoms with Gasteiger partial charge in [-0.3, -0.25) is 19.4 Å². The Morgan fingerprint density at radius 2 is 1.83 bits per heavy atom. The fourth-order valence-electron chi connectivity index (χ4n) is 4.09. The third-order valence-corrected chi connectivity index (χ3v) is 5.72. The summed E-state index contributed by atoms with van der Waals surface area (Å²) < 4.78 is 7.15. The number of carbonyl (C=O) groups excluding carboxylic acids is 2. The van der Waals surface area contributed by atoms with Gasteiger partial charge in [0.15, 0.2) is 0 Å². The minimum Gasteiger partial charge on any atom is -0.378 e. The summed E-state index contributed by atoms with van der Waals surface area (Å²) in [6, 6.07) is 0. The Morgan fingerprint density at radius 1 is 1.10 bits per heavy atom. The molecule has 0 aliphatic carbocycles. The molecule has 2 aliphatic rings. The molecular weight excluding hydrogens is 372 g/mol. The van der Waals surface area contributed by atoms with Crippen molar-refractivity contribution in [3.63, 3.8) is 0 Å². The van der Waals surface area contributed by atoms with Crippen molar-refractivity contribution in [3.05, 3.63) is 35.4 Å². The van der Waals surface area contributed by atoms with Gasteiger partial charge in [-0.15, -0.1) is 0 Å². The number of rotatable bonds is 5. The molecule has 0 aromatic carbocycles. The first-order chi connectivity index (χ1) is 14.2. The number of aryl methyl sites for hydroxylation is 1. The first kappa shape index (κ1) is 19.6. The lowest BCUT2D eigenvalue weighted by Gasteiger charge is -2.32. The molecule has 0 unspecified atom stereocenters. The molecule has 2 saturated heterocycles. The predicted octanol–water partition coefficient (Wildman–Crippen LogP) is 1.51. The highest BCUT2D eigenvalue weighted by molar-refractivity contribution is 5.95. The number of amides is 2. The van der Waals surface area contributed by atoms with Crippen molar-refractivity contribution in [2.24, 2.45) is 0 Å². The maximum atomic E-state index is 12.9. The number of ether oxygens (including phenoxy) is 1. The van der Waals surface area contributed by atoms with Gasteiger partial charge in [0.1, 0.15) is 0 Å². The zero-order valence-electron chi connectivity index (χ0n) is 16.8. The molecule has 9 heteroatoms. The lowest BCUT2D eigenvalue weighted by atomic mass is 9.91. The standard InChI is InChI=1S/C20H28N6O3/c1-2-5-26-14-16(12-22-26)19(27)24-6-3-15(4-7-24)18-17(13-21-23-18)20(28)25-8-10-29-11-9-25/h12-15H,2-11H2,1H3,(H,21,23). The van der Waals surface area contributed by atoms with Crippen LogP contribution >= 0.6 is 0 Å². The molecule has 9 nitrogen and oxygen atoms in total. The van der Waals surface area contributed by atoms with Gasteiger partial charge < -0.3 is 14.5 Å². The van der Waals surface area contributed by atoms with Gasteiger partial charge in [0.05, 0.1) is 42.4 Å². The van der Waals surface area contributed by atoms with Crippen molar-refractivity contribution >= 4 is 11.8 Å². The average Bonchev–Trinajstić information content (AvgIpc) is 3.44. The van der Waals surface area contributed by atoms with Gasteiger partial charge >= 0.3 is 0 Å². The van der Waals surface area contributed by atoms with Crippen molar-refractivity contribution in [2.75, 3.05) is 39.4 Å². The fourth-order valence-corrected chi connectivity index (χ4v) is 4.09. The fraction of sp³-hybridized carbons (Fsp3) is 0.600. The molecule has 1 N–H and O–H groups in total. The minimum absolute atomic E-state index is 0.0129. The van der Waals surface area contributed by atoms with E-state index in [1.54, 1.807) is 12.4 Å². The minimum atomic E-state index is 0.0129. The van der Waals surface area contributed by atoms with Crippen LogP contribution < -0.4 is 0 Å². The Kier molecular flexibility index (Phi) is 5.94. The molecule has 0 atom stereocenters. The Hall–Kier alpha value is -2.68. The number of hydrogen-bond donors (Lipinski definition) is 1. The Bertz CT molecular complexity index is 846. The monoisotopic (exact) mass is 400 g/mol. The van der Waals surface area contributed by atoms with Crippen LogP contribution in [0, 0.1) is 0 Å². The van der Waals surface area contributed by atoms with Crippen LogP contribution in [0.15, 0.2) is 18.6 Å². The highest BCUT2D eigenvalue weighted by atomic mass is 16.5. The van der Waals surface area contributed by atoms with E-state index in [-0.39, 0.29) is 17.7 Å². The first-order valence-electron chi connectivity index (χ1n) is 10.4. The second-order valence-electron chi connectivity index (χ2n) is 7.66. The topological polar surface area (TPSA) is 96.4 Å². The summed E-state index contributed by atoms with van der Waals surface area (Å²) in [5, 5.41) is 11.4. The summed E-state index contributed by atoms with van der Waals surface area (Å²) in [7, 11) is 0. The SMILES string of the molecule is CCCn1cc(C(=O)N2CCC(c3[nH]ncc3C(=O)N3CCOCC3)CC2)cn1. The van der Waals surface area contributed by atoms with Crippen molar-refractivity contribution in [3.8, 4) is 0 Å². The third-order valence-electron chi connectivity index (χ3n) is 5.72. The molecule has 0 saturated carbocycles. The van der Waals surface area contributed by atoms with Gasteiger partial charge in [-0.25, -0.2) is 0 Å². The van der Waals surface area contributed by atoms with Crippen LogP contribution in [0.25, 0.3) is 0 Å². The van der Waals surface area contributed by atoms with Crippen LogP contribution in [0.1, 0.15) is 58.5 Å². The molecule has 4 heterocycles. The van der Waals surface area contributed by atoms with Crippen molar-refractivity contribution in [2.45, 2.75) is 38.6 Å². The molecule has 0 bridgehead atoms. The number of likely N-dealkylation sites (tertiary alicyclic amines) is 1. The Morgan fingerprint density at radius 3 is 2.55 bits per heavy atom. The van der Waals surface area contributed by atoms with E-state index < -0.39 is 0 Å². The average molecular weight is 400 g/mol. The maximum absolute atomic E-state index is 12.9. The van der Waals surface area contributed by atoms with E-state index in [0.29, 0.717) is 50.5 Å². The van der Waals surface area contributed by atoms with Crippen molar-refractivity contribution in [1.82, 2.24) is 29.8 Å². The lowest BCUT2D eigenvalue weighted by molar-refractivity contribution is 0.0301. The second-order valence-corrected chi connectivity index (χ2v) is 7.66. The molecule has 2 aliphatic heterocycles. The zero-order valence-corrected chi connectivity index (χ0v) is 16.8. The molecule has 2 aromatic heterocycles. The number of H-pyrrole nitrogens is 1. The maximum Gasteiger partial charge on any atom is 0.257 e. The second kappa shape index (κ2) is 8.77. The van der Waals surface area contributed by atoms with Gasteiger partial charge in [-0.2, -0.15) is 10.2 Å². The summed E-state index contributed by atoms with van der Waals surface area (Å²) >= 11 is 0. The highest BCUT2D eigenvalue weighted by Gasteiger charge is 2.30. The number of aromatic nitrogens is 4. The number of piperidine rings is 1. The Labute approximate surface area is 170 Å². The normalized spacial score (nSPS) is 18.2. The molecule has 29 heavy (non-hydrogen) atoms. The van der Waals surface area contributed by atoms with Crippen LogP contribution in [-0.4, -0.2) is 81.0 Å². The lowest BCUT2D eigenvalue weighted by Crippen LogP contribution is -2.41. The van der Waals surface area contributed by atoms with E-state index in [9.17, 15) is 9.59 Å². The van der Waals surface area contributed by atoms with Crippen LogP contribution in [0.2, 0.25) is 0 Å². The van der Waals surface area contributed by atoms with Gasteiger partial charge in [0.25, 0.3) is 11.8 Å². The van der Waals surface area contributed by atoms with E-state index in [1.165, 1.54) is 0 Å². The smallest absolute Gasteiger partial charge is 0.257 e. The van der Waals surface area contributed by atoms with Gasteiger partial charge in [0.2, 0.25) is 0 Å². The number of hydrogen-bond acceptors (Lipinski definition) is 5. The van der Waals surface area contributed by atoms with Crippen molar-refractivity contribution in [1.29, 1.82) is 0 Å². The van der Waals surface area contributed by atoms with Crippen LogP contribution in [-0.2, 0) is 11.3 Å². The number of nitrogens with zero attached hydrogens (tertiary/aromatic N) is 5. The number of aromatic amines is 1. The van der Waals surface area contributed by atoms with E-state index in [2.05, 4.69) is 22.2 Å². The van der Waals surface area contributed by atoms with E-state index in [1.807, 2.05) is 20.7 Å². The Balaban J connectivity index is 1.38. The summed E-state index contributed by atoms with van der Waals surface area (Å²) in [6.07, 6.45) is 7.70. The van der Waals surface area contributed by atoms with Crippen LogP contribution in [0.3, 0.4) is 0 Å². The molecule has 2 amide bonds. The van der Waals surface area contributed by atoms with Crippen LogP contribution in [0.4, 0.5) is 0 Å². The van der Waals surface area contributed by atoms with Crippen molar-refractivity contribution < 1.29 is 14.3 Å². The molecule has 0 radical (unpaired) electrons. The quantitative estimate of drug-likeness (QED) is 0.821. The molecule has 0 spiro atoms.